The largest absolute Gasteiger partial charge is 0.469 e. The van der Waals surface area contributed by atoms with Gasteiger partial charge in [-0.2, -0.15) is 0 Å². The summed E-state index contributed by atoms with van der Waals surface area (Å²) in [6.45, 7) is 1.96. The van der Waals surface area contributed by atoms with Crippen LogP contribution in [0.25, 0.3) is 0 Å². The maximum atomic E-state index is 12.9. The van der Waals surface area contributed by atoms with Gasteiger partial charge in [0.05, 0.1) is 18.3 Å². The van der Waals surface area contributed by atoms with E-state index in [9.17, 15) is 13.2 Å². The Morgan fingerprint density at radius 3 is 2.67 bits per heavy atom. The first-order valence-electron chi connectivity index (χ1n) is 7.72. The van der Waals surface area contributed by atoms with Gasteiger partial charge in [-0.1, -0.05) is 12.8 Å². The zero-order valence-corrected chi connectivity index (χ0v) is 13.7. The number of sulfonamides is 1. The monoisotopic (exact) mass is 318 g/mol. The summed E-state index contributed by atoms with van der Waals surface area (Å²) in [5.74, 6) is -0.517. The first-order chi connectivity index (χ1) is 10.0. The smallest absolute Gasteiger partial charge is 0.310 e. The van der Waals surface area contributed by atoms with Crippen molar-refractivity contribution in [2.75, 3.05) is 33.8 Å². The third-order valence-corrected chi connectivity index (χ3v) is 7.07. The third kappa shape index (κ3) is 3.57. The topological polar surface area (TPSA) is 75.7 Å². The van der Waals surface area contributed by atoms with Crippen molar-refractivity contribution in [2.45, 2.75) is 37.4 Å². The van der Waals surface area contributed by atoms with E-state index < -0.39 is 21.2 Å². The Hall–Kier alpha value is -0.660. The number of carbonyl (C=O) groups is 1. The molecule has 0 spiro atoms. The molecule has 1 N–H and O–H groups in total. The molecule has 6 nitrogen and oxygen atoms in total. The van der Waals surface area contributed by atoms with Gasteiger partial charge >= 0.3 is 5.97 Å². The lowest BCUT2D eigenvalue weighted by atomic mass is 9.89. The van der Waals surface area contributed by atoms with Crippen molar-refractivity contribution in [3.63, 3.8) is 0 Å². The molecule has 2 fully saturated rings. The number of rotatable bonds is 5. The fourth-order valence-electron chi connectivity index (χ4n) is 3.55. The summed E-state index contributed by atoms with van der Waals surface area (Å²) in [5, 5.41) is 2.50. The summed E-state index contributed by atoms with van der Waals surface area (Å²) in [6.07, 6.45) is 3.83. The van der Waals surface area contributed by atoms with Crippen LogP contribution in [0.1, 0.15) is 32.1 Å². The highest BCUT2D eigenvalue weighted by molar-refractivity contribution is 7.89. The van der Waals surface area contributed by atoms with Gasteiger partial charge in [-0.3, -0.25) is 4.79 Å². The highest BCUT2D eigenvalue weighted by Gasteiger charge is 2.44. The van der Waals surface area contributed by atoms with Crippen molar-refractivity contribution in [2.24, 2.45) is 11.8 Å². The summed E-state index contributed by atoms with van der Waals surface area (Å²) in [4.78, 5) is 11.9. The van der Waals surface area contributed by atoms with Gasteiger partial charge in [-0.25, -0.2) is 12.7 Å². The number of hydrogen-bond donors (Lipinski definition) is 1. The van der Waals surface area contributed by atoms with E-state index in [-0.39, 0.29) is 5.97 Å². The Morgan fingerprint density at radius 1 is 1.29 bits per heavy atom. The van der Waals surface area contributed by atoms with E-state index in [0.717, 1.165) is 25.8 Å². The molecule has 2 aliphatic rings. The molecule has 3 unspecified atom stereocenters. The molecule has 7 heteroatoms. The minimum Gasteiger partial charge on any atom is -0.469 e. The summed E-state index contributed by atoms with van der Waals surface area (Å²) in [5.41, 5.74) is 0. The molecule has 0 bridgehead atoms. The second-order valence-corrected chi connectivity index (χ2v) is 8.22. The molecule has 122 valence electrons. The lowest BCUT2D eigenvalue weighted by Gasteiger charge is -2.32. The zero-order chi connectivity index (χ0) is 15.5. The second kappa shape index (κ2) is 7.07. The molecule has 0 aromatic heterocycles. The van der Waals surface area contributed by atoms with Gasteiger partial charge in [0.1, 0.15) is 0 Å². The Bertz CT molecular complexity index is 466. The van der Waals surface area contributed by atoms with Gasteiger partial charge in [0.15, 0.2) is 0 Å². The number of esters is 1. The Kier molecular flexibility index (Phi) is 5.62. The first-order valence-corrected chi connectivity index (χ1v) is 9.22. The average Bonchev–Trinajstić information content (AvgIpc) is 2.96. The van der Waals surface area contributed by atoms with Gasteiger partial charge in [0.25, 0.3) is 0 Å². The fourth-order valence-corrected chi connectivity index (χ4v) is 5.84. The maximum Gasteiger partial charge on any atom is 0.310 e. The van der Waals surface area contributed by atoms with Crippen molar-refractivity contribution < 1.29 is 17.9 Å². The summed E-state index contributed by atoms with van der Waals surface area (Å²) >= 11 is 0. The van der Waals surface area contributed by atoms with Crippen molar-refractivity contribution in [3.8, 4) is 0 Å². The van der Waals surface area contributed by atoms with Crippen molar-refractivity contribution in [1.82, 2.24) is 9.62 Å². The van der Waals surface area contributed by atoms with Crippen LogP contribution in [0.15, 0.2) is 0 Å². The van der Waals surface area contributed by atoms with E-state index in [1.165, 1.54) is 7.11 Å². The predicted molar refractivity (Wildman–Crippen MR) is 80.3 cm³/mol. The average molecular weight is 318 g/mol. The minimum atomic E-state index is -3.41. The highest BCUT2D eigenvalue weighted by Crippen LogP contribution is 2.34. The molecule has 1 aliphatic carbocycles. The summed E-state index contributed by atoms with van der Waals surface area (Å²) in [6, 6.07) is 0. The molecule has 2 rings (SSSR count). The lowest BCUT2D eigenvalue weighted by Crippen LogP contribution is -2.45. The SMILES string of the molecule is CNCC1CCN(S(=O)(=O)C2CCCCC2C(=O)OC)C1. The van der Waals surface area contributed by atoms with Crippen LogP contribution in [-0.4, -0.2) is 57.7 Å². The number of nitrogens with one attached hydrogen (secondary N) is 1. The van der Waals surface area contributed by atoms with Crippen LogP contribution >= 0.6 is 0 Å². The number of carbonyl (C=O) groups excluding carboxylic acids is 1. The Labute approximate surface area is 127 Å². The van der Waals surface area contributed by atoms with Crippen molar-refractivity contribution in [3.05, 3.63) is 0 Å². The molecular formula is C14H26N2O4S. The van der Waals surface area contributed by atoms with Crippen LogP contribution in [0.3, 0.4) is 0 Å². The molecule has 0 aromatic carbocycles. The summed E-state index contributed by atoms with van der Waals surface area (Å²) in [7, 11) is -0.199. The first kappa shape index (κ1) is 16.7. The van der Waals surface area contributed by atoms with Crippen LogP contribution < -0.4 is 5.32 Å². The molecule has 1 saturated carbocycles. The van der Waals surface area contributed by atoms with Gasteiger partial charge in [0.2, 0.25) is 10.0 Å². The Balaban J connectivity index is 2.12. The number of ether oxygens (including phenoxy) is 1. The van der Waals surface area contributed by atoms with E-state index in [1.807, 2.05) is 7.05 Å². The molecule has 1 aliphatic heterocycles. The third-order valence-electron chi connectivity index (χ3n) is 4.69. The van der Waals surface area contributed by atoms with Gasteiger partial charge < -0.3 is 10.1 Å². The molecule has 21 heavy (non-hydrogen) atoms. The van der Waals surface area contributed by atoms with E-state index in [2.05, 4.69) is 5.32 Å². The van der Waals surface area contributed by atoms with Gasteiger partial charge in [-0.15, -0.1) is 0 Å². The number of nitrogens with zero attached hydrogens (tertiary/aromatic N) is 1. The predicted octanol–water partition coefficient (Wildman–Crippen LogP) is 0.589. The van der Waals surface area contributed by atoms with Crippen LogP contribution in [0.4, 0.5) is 0 Å². The molecule has 0 amide bonds. The number of methoxy groups -OCH3 is 1. The van der Waals surface area contributed by atoms with Gasteiger partial charge in [0, 0.05) is 13.1 Å². The standard InChI is InChI=1S/C14H26N2O4S/c1-15-9-11-7-8-16(10-11)21(18,19)13-6-4-3-5-12(13)14(17)20-2/h11-13,15H,3-10H2,1-2H3. The molecule has 3 atom stereocenters. The van der Waals surface area contributed by atoms with Crippen LogP contribution in [0, 0.1) is 11.8 Å². The normalized spacial score (nSPS) is 31.2. The van der Waals surface area contributed by atoms with E-state index in [1.54, 1.807) is 4.31 Å². The second-order valence-electron chi connectivity index (χ2n) is 6.07. The molecular weight excluding hydrogens is 292 g/mol. The quantitative estimate of drug-likeness (QED) is 0.751. The number of hydrogen-bond acceptors (Lipinski definition) is 5. The van der Waals surface area contributed by atoms with Crippen molar-refractivity contribution in [1.29, 1.82) is 0 Å². The lowest BCUT2D eigenvalue weighted by molar-refractivity contribution is -0.146. The van der Waals surface area contributed by atoms with Crippen LogP contribution in [0.2, 0.25) is 0 Å². The zero-order valence-electron chi connectivity index (χ0n) is 12.9. The van der Waals surface area contributed by atoms with E-state index >= 15 is 0 Å². The fraction of sp³-hybridized carbons (Fsp3) is 0.929. The summed E-state index contributed by atoms with van der Waals surface area (Å²) < 4.78 is 32.1. The minimum absolute atomic E-state index is 0.366. The van der Waals surface area contributed by atoms with Crippen LogP contribution in [-0.2, 0) is 19.6 Å². The molecule has 1 saturated heterocycles. The van der Waals surface area contributed by atoms with Crippen molar-refractivity contribution >= 4 is 16.0 Å². The van der Waals surface area contributed by atoms with E-state index in [4.69, 9.17) is 4.74 Å². The van der Waals surface area contributed by atoms with Crippen LogP contribution in [0.5, 0.6) is 0 Å². The Morgan fingerprint density at radius 2 is 2.00 bits per heavy atom. The van der Waals surface area contributed by atoms with E-state index in [0.29, 0.717) is 31.8 Å². The van der Waals surface area contributed by atoms with Gasteiger partial charge in [-0.05, 0) is 38.8 Å². The highest BCUT2D eigenvalue weighted by atomic mass is 32.2. The maximum absolute atomic E-state index is 12.9. The molecule has 0 radical (unpaired) electrons. The molecule has 1 heterocycles. The molecule has 0 aromatic rings.